The summed E-state index contributed by atoms with van der Waals surface area (Å²) in [5.41, 5.74) is 7.07. The molecular formula is C26H30N4O2. The largest absolute Gasteiger partial charge is 0.379 e. The second kappa shape index (κ2) is 8.88. The number of aromatic amines is 1. The molecule has 1 aromatic heterocycles. The lowest BCUT2D eigenvalue weighted by Crippen LogP contribution is -2.38. The van der Waals surface area contributed by atoms with E-state index in [9.17, 15) is 4.79 Å². The quantitative estimate of drug-likeness (QED) is 0.643. The SMILES string of the molecule is Cc1ccc(-c2n[nH]c3c2C(c2ccc(C)cc2)N(CCCN2CCOCC2)C3=O)cc1. The number of aromatic nitrogens is 2. The van der Waals surface area contributed by atoms with Crippen molar-refractivity contribution in [3.8, 4) is 11.3 Å². The van der Waals surface area contributed by atoms with Crippen LogP contribution in [0.3, 0.4) is 0 Å². The molecule has 2 aliphatic rings. The molecule has 32 heavy (non-hydrogen) atoms. The molecule has 0 spiro atoms. The molecule has 6 nitrogen and oxygen atoms in total. The highest BCUT2D eigenvalue weighted by Gasteiger charge is 2.41. The average Bonchev–Trinajstić information content (AvgIpc) is 3.35. The minimum atomic E-state index is -0.127. The highest BCUT2D eigenvalue weighted by molar-refractivity contribution is 6.00. The smallest absolute Gasteiger partial charge is 0.273 e. The predicted octanol–water partition coefficient (Wildman–Crippen LogP) is 3.96. The summed E-state index contributed by atoms with van der Waals surface area (Å²) in [7, 11) is 0. The Bertz CT molecular complexity index is 1080. The topological polar surface area (TPSA) is 61.5 Å². The highest BCUT2D eigenvalue weighted by Crippen LogP contribution is 2.42. The number of morpholine rings is 1. The minimum absolute atomic E-state index is 0.0402. The monoisotopic (exact) mass is 430 g/mol. The normalized spacial score (nSPS) is 18.9. The molecule has 0 aliphatic carbocycles. The van der Waals surface area contributed by atoms with Crippen molar-refractivity contribution in [2.24, 2.45) is 0 Å². The number of nitrogens with zero attached hydrogens (tertiary/aromatic N) is 3. The molecule has 1 amide bonds. The van der Waals surface area contributed by atoms with Crippen molar-refractivity contribution in [1.29, 1.82) is 0 Å². The first-order chi connectivity index (χ1) is 15.6. The van der Waals surface area contributed by atoms with E-state index in [0.717, 1.165) is 61.7 Å². The Morgan fingerprint density at radius 1 is 0.969 bits per heavy atom. The number of H-pyrrole nitrogens is 1. The van der Waals surface area contributed by atoms with E-state index in [1.54, 1.807) is 0 Å². The summed E-state index contributed by atoms with van der Waals surface area (Å²) in [6.45, 7) is 9.38. The van der Waals surface area contributed by atoms with Crippen LogP contribution < -0.4 is 0 Å². The number of rotatable bonds is 6. The first-order valence-corrected chi connectivity index (χ1v) is 11.4. The summed E-state index contributed by atoms with van der Waals surface area (Å²) in [4.78, 5) is 17.9. The third kappa shape index (κ3) is 3.96. The number of hydrogen-bond donors (Lipinski definition) is 1. The number of carbonyl (C=O) groups is 1. The summed E-state index contributed by atoms with van der Waals surface area (Å²) >= 11 is 0. The van der Waals surface area contributed by atoms with Crippen LogP contribution in [0.15, 0.2) is 48.5 Å². The Morgan fingerprint density at radius 2 is 1.62 bits per heavy atom. The molecule has 5 rings (SSSR count). The maximum absolute atomic E-state index is 13.4. The summed E-state index contributed by atoms with van der Waals surface area (Å²) in [5.74, 6) is 0.0402. The van der Waals surface area contributed by atoms with E-state index < -0.39 is 0 Å². The molecule has 3 heterocycles. The number of carbonyl (C=O) groups excluding carboxylic acids is 1. The molecule has 1 atom stereocenters. The van der Waals surface area contributed by atoms with Gasteiger partial charge in [0.25, 0.3) is 5.91 Å². The third-order valence-corrected chi connectivity index (χ3v) is 6.56. The van der Waals surface area contributed by atoms with Gasteiger partial charge in [0, 0.05) is 37.3 Å². The number of nitrogens with one attached hydrogen (secondary N) is 1. The van der Waals surface area contributed by atoms with Crippen LogP contribution in [0.2, 0.25) is 0 Å². The van der Waals surface area contributed by atoms with Crippen molar-refractivity contribution < 1.29 is 9.53 Å². The second-order valence-electron chi connectivity index (χ2n) is 8.85. The zero-order chi connectivity index (χ0) is 22.1. The average molecular weight is 431 g/mol. The van der Waals surface area contributed by atoms with Gasteiger partial charge >= 0.3 is 0 Å². The molecule has 1 N–H and O–H groups in total. The minimum Gasteiger partial charge on any atom is -0.379 e. The Morgan fingerprint density at radius 3 is 2.31 bits per heavy atom. The van der Waals surface area contributed by atoms with Gasteiger partial charge in [-0.15, -0.1) is 0 Å². The first-order valence-electron chi connectivity index (χ1n) is 11.4. The number of benzene rings is 2. The Balaban J connectivity index is 1.46. The van der Waals surface area contributed by atoms with Crippen molar-refractivity contribution in [3.05, 3.63) is 76.5 Å². The number of fused-ring (bicyclic) bond motifs is 1. The number of aryl methyl sites for hydroxylation is 2. The molecule has 6 heteroatoms. The van der Waals surface area contributed by atoms with Crippen molar-refractivity contribution >= 4 is 5.91 Å². The first kappa shape index (κ1) is 20.9. The van der Waals surface area contributed by atoms with Crippen LogP contribution in [-0.4, -0.2) is 65.3 Å². The second-order valence-corrected chi connectivity index (χ2v) is 8.85. The Hall–Kier alpha value is -2.96. The molecule has 1 saturated heterocycles. The van der Waals surface area contributed by atoms with Gasteiger partial charge in [-0.25, -0.2) is 0 Å². The lowest BCUT2D eigenvalue weighted by Gasteiger charge is -2.29. The van der Waals surface area contributed by atoms with Crippen molar-refractivity contribution in [2.75, 3.05) is 39.4 Å². The van der Waals surface area contributed by atoms with Gasteiger partial charge in [-0.2, -0.15) is 5.10 Å². The van der Waals surface area contributed by atoms with Crippen LogP contribution in [-0.2, 0) is 4.74 Å². The summed E-state index contributed by atoms with van der Waals surface area (Å²) in [6, 6.07) is 16.8. The molecule has 3 aromatic rings. The maximum atomic E-state index is 13.4. The van der Waals surface area contributed by atoms with Crippen molar-refractivity contribution in [1.82, 2.24) is 20.0 Å². The standard InChI is InChI=1S/C26H30N4O2/c1-18-4-8-20(9-5-18)23-22-24(28-27-23)26(31)30(13-3-12-29-14-16-32-17-15-29)25(22)21-10-6-19(2)7-11-21/h4-11,25H,3,12-17H2,1-2H3,(H,27,28). The lowest BCUT2D eigenvalue weighted by molar-refractivity contribution is 0.0354. The highest BCUT2D eigenvalue weighted by atomic mass is 16.5. The molecule has 1 unspecified atom stereocenters. The van der Waals surface area contributed by atoms with E-state index in [1.807, 2.05) is 4.90 Å². The summed E-state index contributed by atoms with van der Waals surface area (Å²) in [6.07, 6.45) is 0.936. The van der Waals surface area contributed by atoms with Gasteiger partial charge < -0.3 is 9.64 Å². The fraction of sp³-hybridized carbons (Fsp3) is 0.385. The number of amides is 1. The fourth-order valence-electron chi connectivity index (χ4n) is 4.74. The number of hydrogen-bond acceptors (Lipinski definition) is 4. The molecular weight excluding hydrogens is 400 g/mol. The van der Waals surface area contributed by atoms with Crippen LogP contribution in [0, 0.1) is 13.8 Å². The molecule has 1 fully saturated rings. The molecule has 0 bridgehead atoms. The predicted molar refractivity (Wildman–Crippen MR) is 125 cm³/mol. The van der Waals surface area contributed by atoms with Crippen LogP contribution in [0.25, 0.3) is 11.3 Å². The van der Waals surface area contributed by atoms with Crippen LogP contribution in [0.1, 0.15) is 45.2 Å². The van der Waals surface area contributed by atoms with E-state index in [0.29, 0.717) is 12.2 Å². The van der Waals surface area contributed by atoms with E-state index in [1.165, 1.54) is 11.1 Å². The third-order valence-electron chi connectivity index (χ3n) is 6.56. The molecule has 2 aromatic carbocycles. The van der Waals surface area contributed by atoms with Gasteiger partial charge in [-0.05, 0) is 25.8 Å². The Labute approximate surface area is 189 Å². The summed E-state index contributed by atoms with van der Waals surface area (Å²) in [5, 5.41) is 7.64. The van der Waals surface area contributed by atoms with Gasteiger partial charge in [-0.3, -0.25) is 14.8 Å². The van der Waals surface area contributed by atoms with E-state index in [2.05, 4.69) is 77.5 Å². The van der Waals surface area contributed by atoms with E-state index >= 15 is 0 Å². The zero-order valence-corrected chi connectivity index (χ0v) is 18.8. The zero-order valence-electron chi connectivity index (χ0n) is 18.8. The van der Waals surface area contributed by atoms with Crippen LogP contribution in [0.4, 0.5) is 0 Å². The molecule has 2 aliphatic heterocycles. The lowest BCUT2D eigenvalue weighted by atomic mass is 9.95. The maximum Gasteiger partial charge on any atom is 0.273 e. The van der Waals surface area contributed by atoms with E-state index in [-0.39, 0.29) is 11.9 Å². The Kier molecular flexibility index (Phi) is 5.81. The van der Waals surface area contributed by atoms with E-state index in [4.69, 9.17) is 4.74 Å². The van der Waals surface area contributed by atoms with Crippen molar-refractivity contribution in [3.63, 3.8) is 0 Å². The van der Waals surface area contributed by atoms with Gasteiger partial charge in [0.2, 0.25) is 0 Å². The molecule has 0 radical (unpaired) electrons. The fourth-order valence-corrected chi connectivity index (χ4v) is 4.74. The number of ether oxygens (including phenoxy) is 1. The van der Waals surface area contributed by atoms with Gasteiger partial charge in [0.1, 0.15) is 5.69 Å². The van der Waals surface area contributed by atoms with Crippen LogP contribution in [0.5, 0.6) is 0 Å². The van der Waals surface area contributed by atoms with Crippen molar-refractivity contribution in [2.45, 2.75) is 26.3 Å². The van der Waals surface area contributed by atoms with Crippen LogP contribution >= 0.6 is 0 Å². The van der Waals surface area contributed by atoms with Gasteiger partial charge in [0.05, 0.1) is 24.9 Å². The summed E-state index contributed by atoms with van der Waals surface area (Å²) < 4.78 is 5.46. The van der Waals surface area contributed by atoms with Gasteiger partial charge in [-0.1, -0.05) is 59.7 Å². The molecule has 166 valence electrons. The molecule has 0 saturated carbocycles. The van der Waals surface area contributed by atoms with Gasteiger partial charge in [0.15, 0.2) is 0 Å².